The third-order valence-electron chi connectivity index (χ3n) is 6.13. The minimum atomic E-state index is 0.0440. The van der Waals surface area contributed by atoms with E-state index in [0.717, 1.165) is 66.1 Å². The zero-order valence-electron chi connectivity index (χ0n) is 19.0. The van der Waals surface area contributed by atoms with Crippen LogP contribution >= 0.6 is 0 Å². The van der Waals surface area contributed by atoms with Crippen molar-refractivity contribution in [3.8, 4) is 11.3 Å². The topological polar surface area (TPSA) is 80.0 Å². The minimum absolute atomic E-state index is 0.0440. The Kier molecular flexibility index (Phi) is 5.83. The summed E-state index contributed by atoms with van der Waals surface area (Å²) < 4.78 is 1.68. The highest BCUT2D eigenvalue weighted by Crippen LogP contribution is 2.23. The molecule has 0 aliphatic carbocycles. The van der Waals surface area contributed by atoms with Gasteiger partial charge in [-0.2, -0.15) is 0 Å². The van der Waals surface area contributed by atoms with E-state index in [4.69, 9.17) is 0 Å². The Balaban J connectivity index is 1.35. The second-order valence-corrected chi connectivity index (χ2v) is 8.66. The second kappa shape index (κ2) is 9.07. The number of hydrogen-bond acceptors (Lipinski definition) is 7. The molecule has 1 fully saturated rings. The Morgan fingerprint density at radius 2 is 1.88 bits per heavy atom. The molecule has 1 aromatic carbocycles. The quantitative estimate of drug-likeness (QED) is 0.441. The van der Waals surface area contributed by atoms with Crippen molar-refractivity contribution in [2.75, 3.05) is 38.1 Å². The molecule has 1 aliphatic rings. The summed E-state index contributed by atoms with van der Waals surface area (Å²) in [6.45, 7) is 3.95. The van der Waals surface area contributed by atoms with E-state index in [1.807, 2.05) is 43.7 Å². The van der Waals surface area contributed by atoms with E-state index >= 15 is 0 Å². The number of carbonyl (C=O) groups is 1. The Bertz CT molecular complexity index is 1300. The fourth-order valence-electron chi connectivity index (χ4n) is 4.23. The first-order valence-electron chi connectivity index (χ1n) is 11.2. The first kappa shape index (κ1) is 21.2. The zero-order chi connectivity index (χ0) is 22.8. The van der Waals surface area contributed by atoms with Crippen molar-refractivity contribution in [1.82, 2.24) is 29.9 Å². The summed E-state index contributed by atoms with van der Waals surface area (Å²) in [5, 5.41) is 10.3. The number of nitrogens with zero attached hydrogens (tertiary/aromatic N) is 7. The van der Waals surface area contributed by atoms with Crippen molar-refractivity contribution in [2.24, 2.45) is 7.05 Å². The minimum Gasteiger partial charge on any atom is -0.355 e. The highest BCUT2D eigenvalue weighted by Gasteiger charge is 2.16. The fourth-order valence-corrected chi connectivity index (χ4v) is 4.23. The number of carbonyl (C=O) groups excluding carboxylic acids is 1. The number of hydrogen-bond donors (Lipinski definition) is 0. The summed E-state index contributed by atoms with van der Waals surface area (Å²) in [6, 6.07) is 11.8. The predicted molar refractivity (Wildman–Crippen MR) is 128 cm³/mol. The first-order chi connectivity index (χ1) is 16.0. The number of Topliss-reactive ketones (excluding diaryl/α,β-unsaturated/α-hetero) is 1. The molecule has 0 spiro atoms. The van der Waals surface area contributed by atoms with Gasteiger partial charge >= 0.3 is 0 Å². The Morgan fingerprint density at radius 3 is 2.73 bits per heavy atom. The molecule has 0 N–H and O–H groups in total. The standard InChI is InChI=1S/C25H27N7O/c1-30-8-3-9-32(11-10-30)25-14-19(6-7-26-25)24(33)15-22-13-21-12-18(4-5-20(21)16-27-22)23-17-31(2)29-28-23/h4-7,12-14,16-17H,3,8-11,15H2,1-2H3. The van der Waals surface area contributed by atoms with Crippen LogP contribution in [-0.4, -0.2) is 68.9 Å². The number of pyridine rings is 2. The van der Waals surface area contributed by atoms with Crippen LogP contribution in [0.2, 0.25) is 0 Å². The highest BCUT2D eigenvalue weighted by atomic mass is 16.1. The molecule has 8 heteroatoms. The Morgan fingerprint density at radius 1 is 0.970 bits per heavy atom. The normalized spacial score (nSPS) is 15.0. The molecular weight excluding hydrogens is 414 g/mol. The molecule has 8 nitrogen and oxygen atoms in total. The van der Waals surface area contributed by atoms with Crippen LogP contribution in [0.3, 0.4) is 0 Å². The molecule has 0 radical (unpaired) electrons. The molecule has 33 heavy (non-hydrogen) atoms. The van der Waals surface area contributed by atoms with E-state index in [9.17, 15) is 4.79 Å². The molecule has 4 aromatic rings. The smallest absolute Gasteiger partial charge is 0.169 e. The Hall–Kier alpha value is -3.65. The van der Waals surface area contributed by atoms with Crippen molar-refractivity contribution in [3.63, 3.8) is 0 Å². The van der Waals surface area contributed by atoms with E-state index in [1.54, 1.807) is 16.9 Å². The molecule has 1 saturated heterocycles. The van der Waals surface area contributed by atoms with Crippen LogP contribution in [0.5, 0.6) is 0 Å². The molecule has 0 saturated carbocycles. The van der Waals surface area contributed by atoms with Crippen molar-refractivity contribution >= 4 is 22.4 Å². The van der Waals surface area contributed by atoms with Crippen molar-refractivity contribution in [1.29, 1.82) is 0 Å². The van der Waals surface area contributed by atoms with Gasteiger partial charge in [0.05, 0.1) is 12.6 Å². The summed E-state index contributed by atoms with van der Waals surface area (Å²) in [7, 11) is 3.99. The van der Waals surface area contributed by atoms with Crippen LogP contribution in [0, 0.1) is 0 Å². The lowest BCUT2D eigenvalue weighted by atomic mass is 10.0. The van der Waals surface area contributed by atoms with Gasteiger partial charge in [0.1, 0.15) is 11.5 Å². The van der Waals surface area contributed by atoms with Gasteiger partial charge in [-0.1, -0.05) is 17.3 Å². The monoisotopic (exact) mass is 441 g/mol. The Labute approximate surface area is 192 Å². The lowest BCUT2D eigenvalue weighted by molar-refractivity contribution is 0.0992. The summed E-state index contributed by atoms with van der Waals surface area (Å²) in [4.78, 5) is 26.7. The molecule has 0 atom stereocenters. The maximum absolute atomic E-state index is 13.1. The van der Waals surface area contributed by atoms with Gasteiger partial charge in [-0.05, 0) is 49.7 Å². The van der Waals surface area contributed by atoms with E-state index in [1.165, 1.54) is 0 Å². The molecule has 3 aromatic heterocycles. The average Bonchev–Trinajstić information content (AvgIpc) is 3.15. The van der Waals surface area contributed by atoms with Crippen molar-refractivity contribution < 1.29 is 4.79 Å². The first-order valence-corrected chi connectivity index (χ1v) is 11.2. The van der Waals surface area contributed by atoms with Gasteiger partial charge in [0, 0.05) is 61.3 Å². The maximum atomic E-state index is 13.1. The van der Waals surface area contributed by atoms with Crippen LogP contribution < -0.4 is 4.90 Å². The summed E-state index contributed by atoms with van der Waals surface area (Å²) in [5.74, 6) is 0.916. The van der Waals surface area contributed by atoms with Crippen molar-refractivity contribution in [2.45, 2.75) is 12.8 Å². The molecule has 5 rings (SSSR count). The van der Waals surface area contributed by atoms with E-state index in [-0.39, 0.29) is 12.2 Å². The van der Waals surface area contributed by atoms with Crippen LogP contribution in [0.4, 0.5) is 5.82 Å². The van der Waals surface area contributed by atoms with Gasteiger partial charge in [-0.15, -0.1) is 5.10 Å². The number of aryl methyl sites for hydroxylation is 1. The van der Waals surface area contributed by atoms with Crippen LogP contribution in [-0.2, 0) is 13.5 Å². The number of ketones is 1. The number of likely N-dealkylation sites (N-methyl/N-ethyl adjacent to an activating group) is 1. The van der Waals surface area contributed by atoms with Gasteiger partial charge in [0.2, 0.25) is 0 Å². The van der Waals surface area contributed by atoms with E-state index in [2.05, 4.69) is 43.2 Å². The number of fused-ring (bicyclic) bond motifs is 1. The van der Waals surface area contributed by atoms with E-state index < -0.39 is 0 Å². The number of anilines is 1. The van der Waals surface area contributed by atoms with Gasteiger partial charge in [-0.3, -0.25) is 14.5 Å². The lowest BCUT2D eigenvalue weighted by Crippen LogP contribution is -2.29. The van der Waals surface area contributed by atoms with Crippen molar-refractivity contribution in [3.05, 3.63) is 66.2 Å². The van der Waals surface area contributed by atoms with Crippen LogP contribution in [0.15, 0.2) is 55.0 Å². The number of benzene rings is 1. The lowest BCUT2D eigenvalue weighted by Gasteiger charge is -2.21. The average molecular weight is 442 g/mol. The van der Waals surface area contributed by atoms with Gasteiger partial charge in [-0.25, -0.2) is 4.98 Å². The number of aromatic nitrogens is 5. The maximum Gasteiger partial charge on any atom is 0.169 e. The van der Waals surface area contributed by atoms with Crippen LogP contribution in [0.1, 0.15) is 22.5 Å². The molecule has 168 valence electrons. The van der Waals surface area contributed by atoms with E-state index in [0.29, 0.717) is 5.56 Å². The van der Waals surface area contributed by atoms with Gasteiger partial charge < -0.3 is 9.80 Å². The summed E-state index contributed by atoms with van der Waals surface area (Å²) in [6.07, 6.45) is 6.78. The molecule has 0 bridgehead atoms. The SMILES string of the molecule is CN1CCCN(c2cc(C(=O)Cc3cc4cc(-c5cn(C)nn5)ccc4cn3)ccn2)CC1. The van der Waals surface area contributed by atoms with Gasteiger partial charge in [0.15, 0.2) is 5.78 Å². The summed E-state index contributed by atoms with van der Waals surface area (Å²) >= 11 is 0. The zero-order valence-corrected chi connectivity index (χ0v) is 19.0. The highest BCUT2D eigenvalue weighted by molar-refractivity contribution is 5.98. The molecular formula is C25H27N7O. The summed E-state index contributed by atoms with van der Waals surface area (Å²) in [5.41, 5.74) is 3.23. The molecule has 0 unspecified atom stereocenters. The third kappa shape index (κ3) is 4.75. The third-order valence-corrected chi connectivity index (χ3v) is 6.13. The predicted octanol–water partition coefficient (Wildman–Crippen LogP) is 2.99. The van der Waals surface area contributed by atoms with Crippen LogP contribution in [0.25, 0.3) is 22.0 Å². The number of rotatable bonds is 5. The molecule has 0 amide bonds. The molecule has 1 aliphatic heterocycles. The van der Waals surface area contributed by atoms with Gasteiger partial charge in [0.25, 0.3) is 0 Å². The second-order valence-electron chi connectivity index (χ2n) is 8.66. The largest absolute Gasteiger partial charge is 0.355 e. The molecule has 4 heterocycles. The fraction of sp³-hybridized carbons (Fsp3) is 0.320.